The van der Waals surface area contributed by atoms with Crippen LogP contribution in [0, 0.1) is 0 Å². The Labute approximate surface area is 141 Å². The first-order chi connectivity index (χ1) is 11.7. The summed E-state index contributed by atoms with van der Waals surface area (Å²) in [4.78, 5) is 14.7. The second-order valence-corrected chi connectivity index (χ2v) is 6.66. The Balaban J connectivity index is 1.40. The molecule has 2 aliphatic rings. The van der Waals surface area contributed by atoms with Crippen LogP contribution in [0.2, 0.25) is 0 Å². The monoisotopic (exact) mass is 326 g/mol. The van der Waals surface area contributed by atoms with Crippen LogP contribution in [0.5, 0.6) is 5.75 Å². The van der Waals surface area contributed by atoms with Gasteiger partial charge in [-0.2, -0.15) is 5.10 Å². The number of carbonyl (C=O) groups is 1. The van der Waals surface area contributed by atoms with Gasteiger partial charge in [-0.3, -0.25) is 9.89 Å². The summed E-state index contributed by atoms with van der Waals surface area (Å²) in [5, 5.41) is 9.88. The molecule has 1 saturated heterocycles. The van der Waals surface area contributed by atoms with Crippen molar-refractivity contribution < 1.29 is 9.53 Å². The van der Waals surface area contributed by atoms with Crippen molar-refractivity contribution in [3.05, 3.63) is 47.8 Å². The van der Waals surface area contributed by atoms with Crippen molar-refractivity contribution in [3.8, 4) is 5.75 Å². The third kappa shape index (κ3) is 3.01. The number of benzene rings is 1. The molecule has 24 heavy (non-hydrogen) atoms. The maximum absolute atomic E-state index is 12.2. The topological polar surface area (TPSA) is 70.2 Å². The predicted molar refractivity (Wildman–Crippen MR) is 90.1 cm³/mol. The number of H-pyrrole nitrogens is 1. The van der Waals surface area contributed by atoms with Crippen LogP contribution in [0.25, 0.3) is 0 Å². The van der Waals surface area contributed by atoms with Crippen molar-refractivity contribution in [1.82, 2.24) is 20.4 Å². The van der Waals surface area contributed by atoms with E-state index in [9.17, 15) is 4.79 Å². The highest BCUT2D eigenvalue weighted by Gasteiger charge is 2.39. The number of aromatic nitrogens is 2. The summed E-state index contributed by atoms with van der Waals surface area (Å²) in [7, 11) is 0. The van der Waals surface area contributed by atoms with E-state index in [4.69, 9.17) is 4.74 Å². The van der Waals surface area contributed by atoms with E-state index in [1.807, 2.05) is 36.7 Å². The van der Waals surface area contributed by atoms with E-state index >= 15 is 0 Å². The molecular formula is C18H22N4O2. The molecule has 3 heterocycles. The average Bonchev–Trinajstić information content (AvgIpc) is 3.09. The van der Waals surface area contributed by atoms with Crippen LogP contribution >= 0.6 is 0 Å². The second-order valence-electron chi connectivity index (χ2n) is 6.66. The van der Waals surface area contributed by atoms with Crippen LogP contribution < -0.4 is 10.1 Å². The van der Waals surface area contributed by atoms with E-state index < -0.39 is 0 Å². The molecule has 1 fully saturated rings. The smallest absolute Gasteiger partial charge is 0.255 e. The lowest BCUT2D eigenvalue weighted by atomic mass is 9.90. The maximum Gasteiger partial charge on any atom is 0.255 e. The number of nitrogens with zero attached hydrogens (tertiary/aromatic N) is 2. The van der Waals surface area contributed by atoms with Gasteiger partial charge in [0.1, 0.15) is 11.4 Å². The van der Waals surface area contributed by atoms with Crippen LogP contribution in [0.4, 0.5) is 0 Å². The molecule has 1 aromatic heterocycles. The fourth-order valence-electron chi connectivity index (χ4n) is 3.51. The highest BCUT2D eigenvalue weighted by molar-refractivity contribution is 5.97. The number of fused-ring (bicyclic) bond motifs is 1. The second kappa shape index (κ2) is 6.28. The van der Waals surface area contributed by atoms with E-state index in [0.717, 1.165) is 38.9 Å². The van der Waals surface area contributed by atoms with Crippen LogP contribution in [0.1, 0.15) is 28.8 Å². The molecule has 4 rings (SSSR count). The fourth-order valence-corrected chi connectivity index (χ4v) is 3.51. The lowest BCUT2D eigenvalue weighted by Gasteiger charge is -2.41. The van der Waals surface area contributed by atoms with Crippen molar-refractivity contribution in [3.63, 3.8) is 0 Å². The quantitative estimate of drug-likeness (QED) is 0.899. The molecule has 0 saturated carbocycles. The van der Waals surface area contributed by atoms with Gasteiger partial charge in [0, 0.05) is 38.7 Å². The van der Waals surface area contributed by atoms with E-state index in [1.165, 1.54) is 5.56 Å². The Morgan fingerprint density at radius 3 is 2.88 bits per heavy atom. The van der Waals surface area contributed by atoms with Gasteiger partial charge in [-0.15, -0.1) is 0 Å². The molecule has 0 unspecified atom stereocenters. The van der Waals surface area contributed by atoms with Gasteiger partial charge in [0.15, 0.2) is 0 Å². The first-order valence-corrected chi connectivity index (χ1v) is 8.50. The standard InChI is InChI=1S/C18H22N4O2/c23-17-15-3-1-2-4-16(15)24-18(13-19-17)6-9-22(10-7-18)8-5-14-11-20-21-12-14/h1-4,11-12H,5-10,13H2,(H,19,23)(H,20,21). The molecule has 0 bridgehead atoms. The normalized spacial score (nSPS) is 20.1. The van der Waals surface area contributed by atoms with Gasteiger partial charge in [0.25, 0.3) is 5.91 Å². The van der Waals surface area contributed by atoms with Crippen molar-refractivity contribution in [1.29, 1.82) is 0 Å². The first-order valence-electron chi connectivity index (χ1n) is 8.50. The lowest BCUT2D eigenvalue weighted by molar-refractivity contribution is 0.00643. The molecule has 0 atom stereocenters. The Hall–Kier alpha value is -2.34. The number of carbonyl (C=O) groups excluding carboxylic acids is 1. The molecule has 0 radical (unpaired) electrons. The van der Waals surface area contributed by atoms with Crippen LogP contribution in [0.3, 0.4) is 0 Å². The van der Waals surface area contributed by atoms with Crippen LogP contribution in [0.15, 0.2) is 36.7 Å². The van der Waals surface area contributed by atoms with Gasteiger partial charge in [-0.05, 0) is 24.1 Å². The zero-order chi connectivity index (χ0) is 16.4. The number of para-hydroxylation sites is 1. The molecule has 6 nitrogen and oxygen atoms in total. The summed E-state index contributed by atoms with van der Waals surface area (Å²) in [6.45, 7) is 3.57. The van der Waals surface area contributed by atoms with E-state index in [2.05, 4.69) is 20.4 Å². The molecule has 1 amide bonds. The van der Waals surface area contributed by atoms with Crippen molar-refractivity contribution in [2.75, 3.05) is 26.2 Å². The molecule has 126 valence electrons. The number of likely N-dealkylation sites (tertiary alicyclic amines) is 1. The van der Waals surface area contributed by atoms with Crippen molar-refractivity contribution in [2.45, 2.75) is 24.9 Å². The summed E-state index contributed by atoms with van der Waals surface area (Å²) < 4.78 is 6.33. The number of nitrogens with one attached hydrogen (secondary N) is 2. The summed E-state index contributed by atoms with van der Waals surface area (Å²) in [5.41, 5.74) is 1.59. The molecule has 1 spiro atoms. The van der Waals surface area contributed by atoms with Gasteiger partial charge < -0.3 is 15.0 Å². The van der Waals surface area contributed by atoms with E-state index in [1.54, 1.807) is 0 Å². The van der Waals surface area contributed by atoms with Gasteiger partial charge in [-0.25, -0.2) is 0 Å². The Bertz CT molecular complexity index is 706. The summed E-state index contributed by atoms with van der Waals surface area (Å²) >= 11 is 0. The van der Waals surface area contributed by atoms with Crippen molar-refractivity contribution in [2.24, 2.45) is 0 Å². The number of amides is 1. The minimum absolute atomic E-state index is 0.0372. The average molecular weight is 326 g/mol. The number of ether oxygens (including phenoxy) is 1. The van der Waals surface area contributed by atoms with Gasteiger partial charge in [0.05, 0.1) is 18.3 Å². The Morgan fingerprint density at radius 2 is 2.08 bits per heavy atom. The first kappa shape index (κ1) is 15.2. The number of hydrogen-bond donors (Lipinski definition) is 2. The number of piperidine rings is 1. The third-order valence-corrected chi connectivity index (χ3v) is 5.07. The molecule has 0 aliphatic carbocycles. The lowest BCUT2D eigenvalue weighted by Crippen LogP contribution is -2.53. The largest absolute Gasteiger partial charge is 0.485 e. The SMILES string of the molecule is O=C1NCC2(CCN(CCc3cn[nH]c3)CC2)Oc2ccccc21. The number of rotatable bonds is 3. The summed E-state index contributed by atoms with van der Waals surface area (Å²) in [6.07, 6.45) is 6.68. The molecular weight excluding hydrogens is 304 g/mol. The van der Waals surface area contributed by atoms with E-state index in [-0.39, 0.29) is 11.5 Å². The number of hydrogen-bond acceptors (Lipinski definition) is 4. The van der Waals surface area contributed by atoms with E-state index in [0.29, 0.717) is 17.9 Å². The minimum atomic E-state index is -0.283. The maximum atomic E-state index is 12.2. The third-order valence-electron chi connectivity index (χ3n) is 5.07. The Morgan fingerprint density at radius 1 is 1.25 bits per heavy atom. The van der Waals surface area contributed by atoms with Crippen molar-refractivity contribution >= 4 is 5.91 Å². The van der Waals surface area contributed by atoms with Crippen LogP contribution in [-0.4, -0.2) is 52.8 Å². The highest BCUT2D eigenvalue weighted by atomic mass is 16.5. The summed E-state index contributed by atoms with van der Waals surface area (Å²) in [6, 6.07) is 7.51. The van der Waals surface area contributed by atoms with Gasteiger partial charge in [-0.1, -0.05) is 12.1 Å². The molecule has 2 aliphatic heterocycles. The zero-order valence-corrected chi connectivity index (χ0v) is 13.6. The summed E-state index contributed by atoms with van der Waals surface area (Å²) in [5.74, 6) is 0.671. The predicted octanol–water partition coefficient (Wildman–Crippen LogP) is 1.61. The molecule has 6 heteroatoms. The fraction of sp³-hybridized carbons (Fsp3) is 0.444. The number of aromatic amines is 1. The Kier molecular flexibility index (Phi) is 3.98. The van der Waals surface area contributed by atoms with Gasteiger partial charge >= 0.3 is 0 Å². The molecule has 1 aromatic carbocycles. The highest BCUT2D eigenvalue weighted by Crippen LogP contribution is 2.32. The van der Waals surface area contributed by atoms with Gasteiger partial charge in [0.2, 0.25) is 0 Å². The minimum Gasteiger partial charge on any atom is -0.485 e. The molecule has 2 aromatic rings. The molecule has 2 N–H and O–H groups in total. The van der Waals surface area contributed by atoms with Crippen LogP contribution in [-0.2, 0) is 6.42 Å². The zero-order valence-electron chi connectivity index (χ0n) is 13.6.